The minimum atomic E-state index is -3.77. The van der Waals surface area contributed by atoms with Gasteiger partial charge in [0.1, 0.15) is 79.0 Å². The van der Waals surface area contributed by atoms with Crippen molar-refractivity contribution in [1.29, 1.82) is 0 Å². The Hall–Kier alpha value is -16.1. The predicted octanol–water partition coefficient (Wildman–Crippen LogP) is 6.43. The zero-order valence-corrected chi connectivity index (χ0v) is 80.2. The van der Waals surface area contributed by atoms with Gasteiger partial charge in [0.25, 0.3) is 29.5 Å². The van der Waals surface area contributed by atoms with E-state index in [1.54, 1.807) is 94.4 Å². The first-order valence-corrected chi connectivity index (χ1v) is 47.7. The Balaban J connectivity index is 0.000000131. The SMILES string of the molecule is CCNC(=O)NCc1ccc2oc([C@]3(CN4Cc5ccc(OC)cc5C4=O)CC(=O)NC3=O)cc2c1.CCOC(=O)NCc1ccc2oc([C@]3(CN4Cc5ccc(OC)cc5C4=O)CC(=O)NC3=O)cc2c1.CCc1ccc2c(c1)C(=O)N(C[C@@]1(c3cc4cc(S(=O)(=O)NCCN(C)C)ccc4o3)NC(=O)NC1=O)C2.COc1ccc2c(c1)C(=O)N(C[C@@]1(c3cc4c(o3)CCN(CC(N)=O)C4)CC(=O)NC1=O)C2. The van der Waals surface area contributed by atoms with E-state index in [2.05, 4.69) is 47.3 Å². The molecular weight excluding hydrogens is 1870 g/mol. The number of methoxy groups -OCH3 is 3. The Labute approximate surface area is 817 Å². The average Bonchev–Trinajstić information content (AvgIpc) is 1.60. The molecule has 4 aromatic heterocycles. The van der Waals surface area contributed by atoms with Crippen LogP contribution < -0.4 is 67.2 Å². The zero-order valence-electron chi connectivity index (χ0n) is 79.4. The topological polar surface area (TPSA) is 533 Å². The van der Waals surface area contributed by atoms with Crippen LogP contribution in [0.5, 0.6) is 17.2 Å². The summed E-state index contributed by atoms with van der Waals surface area (Å²) in [6, 6.07) is 42.6. The molecule has 143 heavy (non-hydrogen) atoms. The summed E-state index contributed by atoms with van der Waals surface area (Å²) in [6.45, 7) is 9.97. The van der Waals surface area contributed by atoms with Gasteiger partial charge in [-0.15, -0.1) is 0 Å². The number of nitrogens with one attached hydrogen (secondary N) is 9. The minimum Gasteiger partial charge on any atom is -0.497 e. The van der Waals surface area contributed by atoms with Crippen molar-refractivity contribution in [3.63, 3.8) is 0 Å². The van der Waals surface area contributed by atoms with Crippen molar-refractivity contribution in [1.82, 2.24) is 76.7 Å². The van der Waals surface area contributed by atoms with Gasteiger partial charge < -0.3 is 88.1 Å². The molecule has 0 spiro atoms. The first kappa shape index (κ1) is 98.5. The fourth-order valence-electron chi connectivity index (χ4n) is 19.3. The minimum absolute atomic E-state index is 0.00811. The Morgan fingerprint density at radius 3 is 1.33 bits per heavy atom. The maximum absolute atomic E-state index is 13.2. The van der Waals surface area contributed by atoms with Gasteiger partial charge in [-0.2, -0.15) is 0 Å². The number of carbonyl (C=O) groups excluding carboxylic acids is 15. The number of sulfonamides is 1. The molecule has 11 N–H and O–H groups in total. The molecule has 0 saturated carbocycles. The molecule has 9 aliphatic heterocycles. The van der Waals surface area contributed by atoms with Crippen molar-refractivity contribution in [3.8, 4) is 17.2 Å². The molecule has 41 nitrogen and oxygen atoms in total. The molecule has 4 atom stereocenters. The number of likely N-dealkylation sites (N-methyl/N-ethyl adjacent to an activating group) is 1. The molecule has 20 rings (SSSR count). The van der Waals surface area contributed by atoms with Crippen molar-refractivity contribution in [2.75, 3.05) is 101 Å². The highest BCUT2D eigenvalue weighted by Gasteiger charge is 2.58. The smallest absolute Gasteiger partial charge is 0.407 e. The van der Waals surface area contributed by atoms with Crippen LogP contribution in [-0.2, 0) is 134 Å². The number of amides is 17. The lowest BCUT2D eigenvalue weighted by Gasteiger charge is -2.29. The summed E-state index contributed by atoms with van der Waals surface area (Å²) in [4.78, 5) is 199. The lowest BCUT2D eigenvalue weighted by Crippen LogP contribution is -2.52. The summed E-state index contributed by atoms with van der Waals surface area (Å²) in [5.41, 5.74) is 10.0. The molecule has 0 radical (unpaired) electrons. The number of urea groups is 2. The highest BCUT2D eigenvalue weighted by Crippen LogP contribution is 2.45. The number of hydrogen-bond acceptors (Lipinski definition) is 27. The molecule has 4 saturated heterocycles. The highest BCUT2D eigenvalue weighted by atomic mass is 32.2. The fraction of sp³-hybridized carbons (Fsp3) is 0.337. The van der Waals surface area contributed by atoms with Crippen LogP contribution in [0.2, 0.25) is 0 Å². The fourth-order valence-corrected chi connectivity index (χ4v) is 20.4. The number of fused-ring (bicyclic) bond motifs is 8. The Morgan fingerprint density at radius 2 is 0.895 bits per heavy atom. The molecule has 9 aliphatic rings. The van der Waals surface area contributed by atoms with Crippen LogP contribution in [0.1, 0.15) is 155 Å². The standard InChI is InChI=1S/C26H29N5O6S.C26H26N4O6.C26H25N3O7.C23H24N4O6/c1-4-16-5-6-17-14-31(23(32)20(17)11-16)15-26(24(33)28-25(34)29-26)22-13-18-12-19(7-8-21(18)37-22)38(35,36)27-9-10-30(2)3;1-3-27-25(34)28-12-15-4-7-20-17(8-15)9-21(36-20)26(11-22(31)29-24(26)33)14-30-13-16-5-6-18(35-2)10-19(16)23(30)32;1-3-35-25(33)27-12-15-4-7-20-17(8-15)9-21(36-20)26(11-22(30)28-24(26)32)14-29-13-16-5-6-18(34-2)10-19(16)23(29)31;1-32-15-3-2-13-10-27(21(30)16(13)7-15)12-23(8-20(29)25-22(23)31)18-6-14-9-26(11-19(24)28)5-4-17(14)33-18/h5-8,11-13,27H,4,9-10,14-15H2,1-3H3,(H2,28,29,33,34);4-10H,3,11-14H2,1-2H3,(H2,27,28,34)(H,29,31,33);4-10H,3,11-14H2,1-2H3,(H,27,33)(H,28,30,32);2-3,6-7H,4-5,8-12H2,1H3,(H2,24,28)(H,25,29,31)/t3*26-;23-/m0111/s1. The summed E-state index contributed by atoms with van der Waals surface area (Å²) in [5.74, 6) is -1.21. The van der Waals surface area contributed by atoms with Crippen molar-refractivity contribution < 1.29 is 117 Å². The molecule has 17 amide bonds. The summed E-state index contributed by atoms with van der Waals surface area (Å²) < 4.78 is 72.9. The summed E-state index contributed by atoms with van der Waals surface area (Å²) in [6.07, 6.45) is 0.465. The van der Waals surface area contributed by atoms with Gasteiger partial charge in [0, 0.05) is 142 Å². The number of nitrogens with two attached hydrogens (primary N) is 1. The molecular formula is C101H104N16O25S. The zero-order chi connectivity index (χ0) is 101. The molecule has 744 valence electrons. The number of primary amides is 1. The lowest BCUT2D eigenvalue weighted by atomic mass is 9.82. The molecule has 0 aliphatic carbocycles. The third-order valence-corrected chi connectivity index (χ3v) is 28.2. The van der Waals surface area contributed by atoms with E-state index < -0.39 is 91.2 Å². The van der Waals surface area contributed by atoms with Gasteiger partial charge in [-0.05, 0) is 183 Å². The number of benzene rings is 7. The maximum atomic E-state index is 13.2. The van der Waals surface area contributed by atoms with Crippen molar-refractivity contribution in [3.05, 3.63) is 247 Å². The lowest BCUT2D eigenvalue weighted by molar-refractivity contribution is -0.128. The van der Waals surface area contributed by atoms with Crippen LogP contribution in [-0.4, -0.2) is 228 Å². The molecule has 7 aromatic carbocycles. The molecule has 0 bridgehead atoms. The van der Waals surface area contributed by atoms with Crippen molar-refractivity contribution in [2.45, 2.75) is 125 Å². The summed E-state index contributed by atoms with van der Waals surface area (Å²) in [5, 5.41) is 22.0. The number of hydrogen-bond donors (Lipinski definition) is 10. The monoisotopic (exact) mass is 1970 g/mol. The van der Waals surface area contributed by atoms with E-state index >= 15 is 0 Å². The summed E-state index contributed by atoms with van der Waals surface area (Å²) >= 11 is 0. The first-order chi connectivity index (χ1) is 68.4. The largest absolute Gasteiger partial charge is 0.497 e. The number of rotatable bonds is 29. The number of alkyl carbamates (subject to hydrolysis) is 1. The van der Waals surface area contributed by atoms with Crippen LogP contribution in [0, 0.1) is 0 Å². The maximum Gasteiger partial charge on any atom is 0.407 e. The van der Waals surface area contributed by atoms with Crippen LogP contribution in [0.3, 0.4) is 0 Å². The number of carbonyl (C=O) groups is 15. The Bertz CT molecular complexity index is 7010. The average molecular weight is 1970 g/mol. The van der Waals surface area contributed by atoms with Gasteiger partial charge in [0.15, 0.2) is 5.54 Å². The van der Waals surface area contributed by atoms with Gasteiger partial charge in [-0.25, -0.2) is 27.5 Å². The molecule has 0 unspecified atom stereocenters. The molecule has 4 fully saturated rings. The summed E-state index contributed by atoms with van der Waals surface area (Å²) in [7, 11) is 4.51. The number of aryl methyl sites for hydroxylation is 1. The molecule has 42 heteroatoms. The van der Waals surface area contributed by atoms with Gasteiger partial charge >= 0.3 is 18.2 Å². The first-order valence-electron chi connectivity index (χ1n) is 46.2. The number of imide groups is 4. The number of furan rings is 4. The number of ether oxygens (including phenoxy) is 4. The van der Waals surface area contributed by atoms with E-state index in [9.17, 15) is 80.3 Å². The third kappa shape index (κ3) is 19.7. The van der Waals surface area contributed by atoms with Gasteiger partial charge in [0.2, 0.25) is 51.4 Å². The van der Waals surface area contributed by atoms with Crippen LogP contribution in [0.15, 0.2) is 174 Å². The van der Waals surface area contributed by atoms with Gasteiger partial charge in [-0.1, -0.05) is 49.4 Å². The second-order valence-electron chi connectivity index (χ2n) is 36.5. The van der Waals surface area contributed by atoms with E-state index in [0.29, 0.717) is 143 Å². The second kappa shape index (κ2) is 39.9. The van der Waals surface area contributed by atoms with Gasteiger partial charge in [0.05, 0.1) is 65.2 Å². The molecule has 11 aromatic rings. The van der Waals surface area contributed by atoms with E-state index in [4.69, 9.17) is 42.3 Å². The van der Waals surface area contributed by atoms with Crippen LogP contribution in [0.25, 0.3) is 32.9 Å². The highest BCUT2D eigenvalue weighted by molar-refractivity contribution is 7.89. The van der Waals surface area contributed by atoms with Crippen LogP contribution >= 0.6 is 0 Å². The Kier molecular flexibility index (Phi) is 27.5. The van der Waals surface area contributed by atoms with E-state index in [0.717, 1.165) is 62.1 Å². The van der Waals surface area contributed by atoms with Crippen LogP contribution in [0.4, 0.5) is 14.4 Å². The second-order valence-corrected chi connectivity index (χ2v) is 38.3. The number of nitrogens with zero attached hydrogens (tertiary/aromatic N) is 6. The quantitative estimate of drug-likeness (QED) is 0.0178. The Morgan fingerprint density at radius 1 is 0.462 bits per heavy atom. The van der Waals surface area contributed by atoms with Crippen molar-refractivity contribution in [2.24, 2.45) is 5.73 Å². The normalized spacial score (nSPS) is 19.8. The van der Waals surface area contributed by atoms with E-state index in [-0.39, 0.29) is 119 Å². The van der Waals surface area contributed by atoms with Gasteiger partial charge in [-0.3, -0.25) is 83.7 Å². The van der Waals surface area contributed by atoms with E-state index in [1.807, 2.05) is 92.3 Å². The predicted molar refractivity (Wildman–Crippen MR) is 509 cm³/mol. The van der Waals surface area contributed by atoms with E-state index in [1.165, 1.54) is 50.5 Å². The van der Waals surface area contributed by atoms with Crippen molar-refractivity contribution >= 4 is 132 Å². The molecule has 13 heterocycles. The third-order valence-electron chi connectivity index (χ3n) is 26.7.